The number of anilines is 1. The first-order chi connectivity index (χ1) is 13.6. The Hall–Kier alpha value is -3.52. The molecule has 2 aromatic heterocycles. The Labute approximate surface area is 165 Å². The van der Waals surface area contributed by atoms with Crippen molar-refractivity contribution in [3.05, 3.63) is 65.9 Å². The zero-order valence-electron chi connectivity index (χ0n) is 15.2. The van der Waals surface area contributed by atoms with Crippen LogP contribution in [0.5, 0.6) is 5.75 Å². The molecule has 0 spiro atoms. The molecule has 0 fully saturated rings. The standard InChI is InChI=1S/C20H16N4O3S/c1-12-16(19-22-17(24-27-19)13-6-4-3-5-7-13)28-20(21-12)23-18(25)14-8-10-15(26-2)11-9-14/h3-11H,1-2H3,(H,21,23,25). The lowest BCUT2D eigenvalue weighted by Crippen LogP contribution is -2.11. The van der Waals surface area contributed by atoms with Gasteiger partial charge in [-0.1, -0.05) is 46.8 Å². The van der Waals surface area contributed by atoms with Gasteiger partial charge in [-0.3, -0.25) is 10.1 Å². The predicted octanol–water partition coefficient (Wildman–Crippen LogP) is 4.43. The summed E-state index contributed by atoms with van der Waals surface area (Å²) >= 11 is 1.29. The lowest BCUT2D eigenvalue weighted by molar-refractivity contribution is 0.102. The minimum absolute atomic E-state index is 0.251. The summed E-state index contributed by atoms with van der Waals surface area (Å²) in [4.78, 5) is 22.0. The third kappa shape index (κ3) is 3.63. The third-order valence-electron chi connectivity index (χ3n) is 4.02. The van der Waals surface area contributed by atoms with Crippen LogP contribution in [0.4, 0.5) is 5.13 Å². The summed E-state index contributed by atoms with van der Waals surface area (Å²) in [5.74, 6) is 1.32. The normalized spacial score (nSPS) is 10.6. The molecule has 0 unspecified atom stereocenters. The number of thiazole rings is 1. The van der Waals surface area contributed by atoms with Gasteiger partial charge in [-0.2, -0.15) is 4.98 Å². The van der Waals surface area contributed by atoms with Crippen LogP contribution in [-0.4, -0.2) is 28.1 Å². The van der Waals surface area contributed by atoms with E-state index in [0.717, 1.165) is 10.4 Å². The molecule has 0 aliphatic rings. The molecule has 8 heteroatoms. The number of hydrogen-bond donors (Lipinski definition) is 1. The second kappa shape index (κ2) is 7.61. The Morgan fingerprint density at radius 1 is 1.07 bits per heavy atom. The zero-order valence-corrected chi connectivity index (χ0v) is 16.0. The number of aryl methyl sites for hydroxylation is 1. The molecule has 2 heterocycles. The van der Waals surface area contributed by atoms with Crippen molar-refractivity contribution in [3.8, 4) is 27.9 Å². The molecular weight excluding hydrogens is 376 g/mol. The van der Waals surface area contributed by atoms with Crippen LogP contribution in [0.1, 0.15) is 16.1 Å². The predicted molar refractivity (Wildman–Crippen MR) is 107 cm³/mol. The van der Waals surface area contributed by atoms with E-state index in [9.17, 15) is 4.79 Å². The smallest absolute Gasteiger partial charge is 0.270 e. The Morgan fingerprint density at radius 2 is 1.82 bits per heavy atom. The van der Waals surface area contributed by atoms with Crippen molar-refractivity contribution in [3.63, 3.8) is 0 Å². The largest absolute Gasteiger partial charge is 0.497 e. The third-order valence-corrected chi connectivity index (χ3v) is 5.08. The molecular formula is C20H16N4O3S. The van der Waals surface area contributed by atoms with Gasteiger partial charge < -0.3 is 9.26 Å². The van der Waals surface area contributed by atoms with Crippen molar-refractivity contribution in [1.29, 1.82) is 0 Å². The first-order valence-corrected chi connectivity index (χ1v) is 9.28. The molecule has 0 saturated carbocycles. The number of carbonyl (C=O) groups is 1. The molecule has 0 bridgehead atoms. The monoisotopic (exact) mass is 392 g/mol. The highest BCUT2D eigenvalue weighted by Crippen LogP contribution is 2.33. The second-order valence-electron chi connectivity index (χ2n) is 5.91. The number of amides is 1. The Morgan fingerprint density at radius 3 is 2.54 bits per heavy atom. The maximum atomic E-state index is 12.4. The lowest BCUT2D eigenvalue weighted by Gasteiger charge is -2.03. The summed E-state index contributed by atoms with van der Waals surface area (Å²) < 4.78 is 10.5. The first kappa shape index (κ1) is 17.9. The molecule has 4 aromatic rings. The van der Waals surface area contributed by atoms with Crippen molar-refractivity contribution < 1.29 is 14.1 Å². The van der Waals surface area contributed by atoms with Crippen LogP contribution in [0.15, 0.2) is 59.1 Å². The number of ether oxygens (including phenoxy) is 1. The number of rotatable bonds is 5. The van der Waals surface area contributed by atoms with Crippen molar-refractivity contribution in [2.75, 3.05) is 12.4 Å². The van der Waals surface area contributed by atoms with Gasteiger partial charge in [-0.15, -0.1) is 0 Å². The Balaban J connectivity index is 1.54. The summed E-state index contributed by atoms with van der Waals surface area (Å²) in [5, 5.41) is 7.30. The SMILES string of the molecule is COc1ccc(C(=O)Nc2nc(C)c(-c3nc(-c4ccccc4)no3)s2)cc1. The van der Waals surface area contributed by atoms with Crippen molar-refractivity contribution in [2.45, 2.75) is 6.92 Å². The molecule has 1 amide bonds. The van der Waals surface area contributed by atoms with E-state index in [1.807, 2.05) is 37.3 Å². The fourth-order valence-electron chi connectivity index (χ4n) is 2.58. The average Bonchev–Trinajstić information content (AvgIpc) is 3.35. The van der Waals surface area contributed by atoms with E-state index in [0.29, 0.717) is 33.9 Å². The fraction of sp³-hybridized carbons (Fsp3) is 0.100. The number of aromatic nitrogens is 3. The molecule has 0 aliphatic heterocycles. The molecule has 0 atom stereocenters. The maximum absolute atomic E-state index is 12.4. The topological polar surface area (TPSA) is 90.1 Å². The first-order valence-electron chi connectivity index (χ1n) is 8.46. The quantitative estimate of drug-likeness (QED) is 0.540. The summed E-state index contributed by atoms with van der Waals surface area (Å²) in [7, 11) is 1.58. The fourth-order valence-corrected chi connectivity index (χ4v) is 3.46. The highest BCUT2D eigenvalue weighted by molar-refractivity contribution is 7.19. The van der Waals surface area contributed by atoms with Crippen LogP contribution in [0.3, 0.4) is 0 Å². The van der Waals surface area contributed by atoms with Crippen LogP contribution in [0.2, 0.25) is 0 Å². The number of carbonyl (C=O) groups excluding carboxylic acids is 1. The van der Waals surface area contributed by atoms with Gasteiger partial charge in [0.1, 0.15) is 10.6 Å². The molecule has 1 N–H and O–H groups in total. The number of nitrogens with one attached hydrogen (secondary N) is 1. The van der Waals surface area contributed by atoms with Gasteiger partial charge in [0.15, 0.2) is 5.13 Å². The molecule has 0 radical (unpaired) electrons. The highest BCUT2D eigenvalue weighted by atomic mass is 32.1. The molecule has 28 heavy (non-hydrogen) atoms. The highest BCUT2D eigenvalue weighted by Gasteiger charge is 2.18. The van der Waals surface area contributed by atoms with E-state index < -0.39 is 0 Å². The molecule has 0 aliphatic carbocycles. The van der Waals surface area contributed by atoms with E-state index in [4.69, 9.17) is 9.26 Å². The minimum Gasteiger partial charge on any atom is -0.497 e. The summed E-state index contributed by atoms with van der Waals surface area (Å²) in [6, 6.07) is 16.4. The zero-order chi connectivity index (χ0) is 19.5. The van der Waals surface area contributed by atoms with Gasteiger partial charge in [0.25, 0.3) is 11.8 Å². The number of benzene rings is 2. The van der Waals surface area contributed by atoms with Crippen molar-refractivity contribution >= 4 is 22.4 Å². The second-order valence-corrected chi connectivity index (χ2v) is 6.90. The van der Waals surface area contributed by atoms with Crippen molar-refractivity contribution in [2.24, 2.45) is 0 Å². The minimum atomic E-state index is -0.251. The summed E-state index contributed by atoms with van der Waals surface area (Å²) in [5.41, 5.74) is 2.09. The Kier molecular flexibility index (Phi) is 4.86. The number of nitrogens with zero attached hydrogens (tertiary/aromatic N) is 3. The lowest BCUT2D eigenvalue weighted by atomic mass is 10.2. The van der Waals surface area contributed by atoms with E-state index >= 15 is 0 Å². The molecule has 0 saturated heterocycles. The molecule has 7 nitrogen and oxygen atoms in total. The van der Waals surface area contributed by atoms with Gasteiger partial charge in [0.2, 0.25) is 5.82 Å². The maximum Gasteiger partial charge on any atom is 0.270 e. The number of hydrogen-bond acceptors (Lipinski definition) is 7. The van der Waals surface area contributed by atoms with Gasteiger partial charge in [0, 0.05) is 11.1 Å². The van der Waals surface area contributed by atoms with E-state index in [-0.39, 0.29) is 5.91 Å². The summed E-state index contributed by atoms with van der Waals surface area (Å²) in [6.07, 6.45) is 0. The average molecular weight is 392 g/mol. The van der Waals surface area contributed by atoms with Crippen LogP contribution < -0.4 is 10.1 Å². The van der Waals surface area contributed by atoms with Crippen molar-refractivity contribution in [1.82, 2.24) is 15.1 Å². The molecule has 140 valence electrons. The van der Waals surface area contributed by atoms with Crippen LogP contribution in [0, 0.1) is 6.92 Å². The van der Waals surface area contributed by atoms with E-state index in [2.05, 4.69) is 20.4 Å². The summed E-state index contributed by atoms with van der Waals surface area (Å²) in [6.45, 7) is 1.83. The van der Waals surface area contributed by atoms with Gasteiger partial charge in [-0.25, -0.2) is 4.98 Å². The number of methoxy groups -OCH3 is 1. The van der Waals surface area contributed by atoms with Crippen LogP contribution in [0.25, 0.3) is 22.2 Å². The van der Waals surface area contributed by atoms with Crippen LogP contribution in [-0.2, 0) is 0 Å². The Bertz CT molecular complexity index is 1100. The van der Waals surface area contributed by atoms with Crippen LogP contribution >= 0.6 is 11.3 Å². The van der Waals surface area contributed by atoms with E-state index in [1.165, 1.54) is 11.3 Å². The van der Waals surface area contributed by atoms with Gasteiger partial charge >= 0.3 is 0 Å². The molecule has 2 aromatic carbocycles. The van der Waals surface area contributed by atoms with Gasteiger partial charge in [-0.05, 0) is 31.2 Å². The molecule has 4 rings (SSSR count). The van der Waals surface area contributed by atoms with E-state index in [1.54, 1.807) is 31.4 Å². The van der Waals surface area contributed by atoms with Gasteiger partial charge in [0.05, 0.1) is 12.8 Å².